The number of aromatic amines is 1. The first-order valence-corrected chi connectivity index (χ1v) is 9.52. The number of aryl methyl sites for hydroxylation is 3. The van der Waals surface area contributed by atoms with E-state index in [0.717, 1.165) is 55.5 Å². The lowest BCUT2D eigenvalue weighted by Crippen LogP contribution is -2.24. The summed E-state index contributed by atoms with van der Waals surface area (Å²) in [7, 11) is 0. The first-order valence-electron chi connectivity index (χ1n) is 9.52. The molecule has 0 spiro atoms. The Kier molecular flexibility index (Phi) is 6.42. The minimum atomic E-state index is 0.120. The molecule has 0 saturated carbocycles. The van der Waals surface area contributed by atoms with Crippen molar-refractivity contribution in [3.05, 3.63) is 65.5 Å². The zero-order chi connectivity index (χ0) is 18.2. The van der Waals surface area contributed by atoms with Crippen LogP contribution in [0.25, 0.3) is 11.0 Å². The number of carbonyl (C=O) groups excluding carboxylic acids is 1. The lowest BCUT2D eigenvalue weighted by Gasteiger charge is -2.06. The summed E-state index contributed by atoms with van der Waals surface area (Å²) in [4.78, 5) is 20.0. The Morgan fingerprint density at radius 3 is 2.69 bits per heavy atom. The summed E-state index contributed by atoms with van der Waals surface area (Å²) in [5.41, 5.74) is 4.55. The van der Waals surface area contributed by atoms with Crippen molar-refractivity contribution in [3.63, 3.8) is 0 Å². The number of nitrogens with zero attached hydrogens (tertiary/aromatic N) is 1. The molecule has 4 heteroatoms. The molecule has 0 aliphatic rings. The van der Waals surface area contributed by atoms with Crippen LogP contribution in [0.3, 0.4) is 0 Å². The molecule has 0 radical (unpaired) electrons. The molecule has 0 aliphatic heterocycles. The number of carbonyl (C=O) groups is 1. The largest absolute Gasteiger partial charge is 0.356 e. The average molecular weight is 349 g/mol. The van der Waals surface area contributed by atoms with Crippen LogP contribution in [0.15, 0.2) is 48.5 Å². The molecule has 0 fully saturated rings. The molecule has 4 nitrogen and oxygen atoms in total. The molecule has 0 unspecified atom stereocenters. The van der Waals surface area contributed by atoms with E-state index < -0.39 is 0 Å². The number of hydrogen-bond donors (Lipinski definition) is 2. The van der Waals surface area contributed by atoms with E-state index in [1.54, 1.807) is 0 Å². The van der Waals surface area contributed by atoms with Gasteiger partial charge in [0.15, 0.2) is 0 Å². The average Bonchev–Trinajstić information content (AvgIpc) is 3.06. The van der Waals surface area contributed by atoms with Crippen molar-refractivity contribution in [1.82, 2.24) is 15.3 Å². The van der Waals surface area contributed by atoms with Crippen LogP contribution in [0.4, 0.5) is 0 Å². The van der Waals surface area contributed by atoms with E-state index in [4.69, 9.17) is 0 Å². The van der Waals surface area contributed by atoms with Crippen molar-refractivity contribution >= 4 is 16.9 Å². The van der Waals surface area contributed by atoms with E-state index in [1.165, 1.54) is 11.1 Å². The molecule has 3 rings (SSSR count). The van der Waals surface area contributed by atoms with Gasteiger partial charge in [-0.3, -0.25) is 4.79 Å². The highest BCUT2D eigenvalue weighted by molar-refractivity contribution is 5.78. The van der Waals surface area contributed by atoms with Gasteiger partial charge >= 0.3 is 0 Å². The molecule has 0 aliphatic carbocycles. The molecule has 0 atom stereocenters. The summed E-state index contributed by atoms with van der Waals surface area (Å²) in [6.07, 6.45) is 5.29. The second-order valence-electron chi connectivity index (χ2n) is 6.72. The van der Waals surface area contributed by atoms with Gasteiger partial charge in [0.05, 0.1) is 11.0 Å². The number of rotatable bonds is 9. The highest BCUT2D eigenvalue weighted by Gasteiger charge is 2.06. The van der Waals surface area contributed by atoms with Gasteiger partial charge in [0, 0.05) is 19.4 Å². The molecule has 1 amide bonds. The number of imidazole rings is 1. The van der Waals surface area contributed by atoms with E-state index in [-0.39, 0.29) is 5.91 Å². The van der Waals surface area contributed by atoms with Crippen LogP contribution >= 0.6 is 0 Å². The Labute approximate surface area is 155 Å². The number of fused-ring (bicyclic) bond motifs is 1. The van der Waals surface area contributed by atoms with Gasteiger partial charge in [-0.2, -0.15) is 0 Å². The third-order valence-corrected chi connectivity index (χ3v) is 4.53. The Morgan fingerprint density at radius 1 is 1.04 bits per heavy atom. The Balaban J connectivity index is 1.41. The van der Waals surface area contributed by atoms with Gasteiger partial charge in [0.2, 0.25) is 5.91 Å². The van der Waals surface area contributed by atoms with Gasteiger partial charge in [-0.05, 0) is 48.9 Å². The third-order valence-electron chi connectivity index (χ3n) is 4.53. The molecule has 2 aromatic carbocycles. The lowest BCUT2D eigenvalue weighted by molar-refractivity contribution is -0.121. The number of amides is 1. The van der Waals surface area contributed by atoms with Crippen molar-refractivity contribution in [3.8, 4) is 0 Å². The topological polar surface area (TPSA) is 57.8 Å². The van der Waals surface area contributed by atoms with E-state index in [1.807, 2.05) is 12.1 Å². The minimum absolute atomic E-state index is 0.120. The first kappa shape index (κ1) is 18.2. The van der Waals surface area contributed by atoms with Gasteiger partial charge < -0.3 is 10.3 Å². The van der Waals surface area contributed by atoms with Crippen LogP contribution in [0.1, 0.15) is 43.1 Å². The van der Waals surface area contributed by atoms with E-state index >= 15 is 0 Å². The molecule has 2 N–H and O–H groups in total. The number of aromatic nitrogens is 2. The summed E-state index contributed by atoms with van der Waals surface area (Å²) < 4.78 is 0. The summed E-state index contributed by atoms with van der Waals surface area (Å²) in [5, 5.41) is 3.02. The maximum atomic E-state index is 12.0. The molecular formula is C22H27N3O. The van der Waals surface area contributed by atoms with Gasteiger partial charge in [-0.15, -0.1) is 0 Å². The van der Waals surface area contributed by atoms with Gasteiger partial charge in [0.1, 0.15) is 5.82 Å². The van der Waals surface area contributed by atoms with Crippen LogP contribution in [-0.4, -0.2) is 22.4 Å². The Bertz CT molecular complexity index is 839. The maximum absolute atomic E-state index is 12.0. The molecule has 1 heterocycles. The second kappa shape index (κ2) is 9.18. The van der Waals surface area contributed by atoms with E-state index in [0.29, 0.717) is 6.42 Å². The number of hydrogen-bond acceptors (Lipinski definition) is 2. The van der Waals surface area contributed by atoms with E-state index in [9.17, 15) is 4.79 Å². The lowest BCUT2D eigenvalue weighted by atomic mass is 10.1. The third kappa shape index (κ3) is 5.19. The highest BCUT2D eigenvalue weighted by Crippen LogP contribution is 2.15. The quantitative estimate of drug-likeness (QED) is 0.569. The number of H-pyrrole nitrogens is 1. The molecule has 26 heavy (non-hydrogen) atoms. The normalized spacial score (nSPS) is 11.0. The standard InChI is InChI=1S/C22H27N3O/c1-2-7-21-24-19-13-11-18(16-20(19)25-21)12-14-22(26)23-15-6-10-17-8-4-3-5-9-17/h3-5,8-9,11,13,16H,2,6-7,10,12,14-15H2,1H3,(H,23,26)(H,24,25). The zero-order valence-electron chi connectivity index (χ0n) is 15.4. The van der Waals surface area contributed by atoms with Crippen LogP contribution in [0, 0.1) is 0 Å². The molecule has 0 bridgehead atoms. The smallest absolute Gasteiger partial charge is 0.220 e. The van der Waals surface area contributed by atoms with Crippen molar-refractivity contribution in [2.45, 2.75) is 45.4 Å². The summed E-state index contributed by atoms with van der Waals surface area (Å²) >= 11 is 0. The predicted molar refractivity (Wildman–Crippen MR) is 106 cm³/mol. The first-order chi connectivity index (χ1) is 12.7. The fourth-order valence-electron chi connectivity index (χ4n) is 3.13. The second-order valence-corrected chi connectivity index (χ2v) is 6.72. The van der Waals surface area contributed by atoms with Crippen LogP contribution in [0.5, 0.6) is 0 Å². The molecule has 1 aromatic heterocycles. The summed E-state index contributed by atoms with van der Waals surface area (Å²) in [6.45, 7) is 2.88. The monoisotopic (exact) mass is 349 g/mol. The van der Waals surface area contributed by atoms with Gasteiger partial charge in [-0.25, -0.2) is 4.98 Å². The minimum Gasteiger partial charge on any atom is -0.356 e. The summed E-state index contributed by atoms with van der Waals surface area (Å²) in [6, 6.07) is 16.6. The highest BCUT2D eigenvalue weighted by atomic mass is 16.1. The predicted octanol–water partition coefficient (Wildman–Crippen LogP) is 4.20. The van der Waals surface area contributed by atoms with Crippen LogP contribution in [-0.2, 0) is 24.1 Å². The Hall–Kier alpha value is -2.62. The van der Waals surface area contributed by atoms with Gasteiger partial charge in [0.25, 0.3) is 0 Å². The Morgan fingerprint density at radius 2 is 1.88 bits per heavy atom. The fraction of sp³-hybridized carbons (Fsp3) is 0.364. The maximum Gasteiger partial charge on any atom is 0.220 e. The van der Waals surface area contributed by atoms with Crippen molar-refractivity contribution < 1.29 is 4.79 Å². The van der Waals surface area contributed by atoms with Crippen molar-refractivity contribution in [2.75, 3.05) is 6.54 Å². The van der Waals surface area contributed by atoms with Crippen LogP contribution in [0.2, 0.25) is 0 Å². The SMILES string of the molecule is CCCc1nc2ccc(CCC(=O)NCCCc3ccccc3)cc2[nH]1. The van der Waals surface area contributed by atoms with E-state index in [2.05, 4.69) is 58.6 Å². The summed E-state index contributed by atoms with van der Waals surface area (Å²) in [5.74, 6) is 1.16. The molecule has 3 aromatic rings. The zero-order valence-corrected chi connectivity index (χ0v) is 15.4. The fourth-order valence-corrected chi connectivity index (χ4v) is 3.13. The molecular weight excluding hydrogens is 322 g/mol. The molecule has 0 saturated heterocycles. The van der Waals surface area contributed by atoms with Crippen molar-refractivity contribution in [1.29, 1.82) is 0 Å². The van der Waals surface area contributed by atoms with Crippen molar-refractivity contribution in [2.24, 2.45) is 0 Å². The number of nitrogens with one attached hydrogen (secondary N) is 2. The molecule has 136 valence electrons. The van der Waals surface area contributed by atoms with Crippen LogP contribution < -0.4 is 5.32 Å². The number of benzene rings is 2. The van der Waals surface area contributed by atoms with Gasteiger partial charge in [-0.1, -0.05) is 43.3 Å².